The summed E-state index contributed by atoms with van der Waals surface area (Å²) in [6.07, 6.45) is -0.0435. The molecule has 25 heavy (non-hydrogen) atoms. The molecule has 2 aromatic rings. The minimum Gasteiger partial charge on any atom is -0.490 e. The number of hydrogen-bond donors (Lipinski definition) is 2. The molecule has 0 heterocycles. The fourth-order valence-corrected chi connectivity index (χ4v) is 2.33. The first-order chi connectivity index (χ1) is 11.9. The van der Waals surface area contributed by atoms with E-state index < -0.39 is 0 Å². The van der Waals surface area contributed by atoms with Crippen molar-refractivity contribution in [2.45, 2.75) is 39.8 Å². The molecule has 0 atom stereocenters. The molecule has 0 fully saturated rings. The van der Waals surface area contributed by atoms with Gasteiger partial charge < -0.3 is 15.4 Å². The Morgan fingerprint density at radius 2 is 1.44 bits per heavy atom. The maximum absolute atomic E-state index is 12.7. The van der Waals surface area contributed by atoms with E-state index in [0.717, 1.165) is 0 Å². The zero-order chi connectivity index (χ0) is 18.4. The largest absolute Gasteiger partial charge is 0.490 e. The van der Waals surface area contributed by atoms with Gasteiger partial charge in [-0.05, 0) is 52.0 Å². The van der Waals surface area contributed by atoms with Crippen molar-refractivity contribution >= 4 is 17.5 Å². The molecule has 0 bridgehead atoms. The Labute approximate surface area is 148 Å². The lowest BCUT2D eigenvalue weighted by molar-refractivity contribution is 0.0944. The first kappa shape index (κ1) is 18.5. The molecule has 0 saturated heterocycles. The molecule has 0 radical (unpaired) electrons. The van der Waals surface area contributed by atoms with Crippen LogP contribution in [0, 0.1) is 0 Å². The third-order valence-electron chi connectivity index (χ3n) is 3.33. The van der Waals surface area contributed by atoms with E-state index in [2.05, 4.69) is 10.6 Å². The lowest BCUT2D eigenvalue weighted by Crippen LogP contribution is -2.31. The van der Waals surface area contributed by atoms with Crippen molar-refractivity contribution in [3.63, 3.8) is 0 Å². The number of rotatable bonds is 6. The highest BCUT2D eigenvalue weighted by atomic mass is 16.5. The van der Waals surface area contributed by atoms with Crippen molar-refractivity contribution in [3.05, 3.63) is 59.7 Å². The Kier molecular flexibility index (Phi) is 6.17. The number of carbonyl (C=O) groups excluding carboxylic acids is 2. The lowest BCUT2D eigenvalue weighted by atomic mass is 10.1. The van der Waals surface area contributed by atoms with Gasteiger partial charge >= 0.3 is 0 Å². The van der Waals surface area contributed by atoms with Gasteiger partial charge in [0.15, 0.2) is 0 Å². The minimum atomic E-state index is -0.318. The summed E-state index contributed by atoms with van der Waals surface area (Å²) < 4.78 is 5.69. The topological polar surface area (TPSA) is 67.4 Å². The Bertz CT molecular complexity index is 754. The van der Waals surface area contributed by atoms with Crippen molar-refractivity contribution in [3.8, 4) is 5.75 Å². The van der Waals surface area contributed by atoms with Crippen LogP contribution in [0.15, 0.2) is 48.5 Å². The molecule has 2 amide bonds. The molecular formula is C20H24N2O3. The Morgan fingerprint density at radius 3 is 2.08 bits per heavy atom. The van der Waals surface area contributed by atoms with Crippen LogP contribution in [0.4, 0.5) is 5.69 Å². The van der Waals surface area contributed by atoms with Crippen LogP contribution in [0.2, 0.25) is 0 Å². The molecule has 5 nitrogen and oxygen atoms in total. The van der Waals surface area contributed by atoms with Gasteiger partial charge in [-0.2, -0.15) is 0 Å². The van der Waals surface area contributed by atoms with E-state index in [1.807, 2.05) is 33.8 Å². The molecule has 5 heteroatoms. The molecule has 0 saturated carbocycles. The van der Waals surface area contributed by atoms with Crippen LogP contribution >= 0.6 is 0 Å². The second kappa shape index (κ2) is 8.33. The summed E-state index contributed by atoms with van der Waals surface area (Å²) in [5, 5.41) is 5.65. The van der Waals surface area contributed by atoms with E-state index in [1.54, 1.807) is 42.5 Å². The first-order valence-electron chi connectivity index (χ1n) is 8.35. The number of benzene rings is 2. The van der Waals surface area contributed by atoms with Gasteiger partial charge in [0.1, 0.15) is 5.75 Å². The number of carbonyl (C=O) groups is 2. The van der Waals surface area contributed by atoms with Crippen LogP contribution in [0.1, 0.15) is 48.4 Å². The normalized spacial score (nSPS) is 10.6. The van der Waals surface area contributed by atoms with E-state index in [4.69, 9.17) is 4.74 Å². The van der Waals surface area contributed by atoms with E-state index in [9.17, 15) is 9.59 Å². The third-order valence-corrected chi connectivity index (χ3v) is 3.33. The van der Waals surface area contributed by atoms with Crippen LogP contribution in [-0.2, 0) is 0 Å². The van der Waals surface area contributed by atoms with Crippen molar-refractivity contribution in [2.75, 3.05) is 5.32 Å². The average Bonchev–Trinajstić information content (AvgIpc) is 2.54. The molecule has 0 aliphatic rings. The second-order valence-corrected chi connectivity index (χ2v) is 6.29. The lowest BCUT2D eigenvalue weighted by Gasteiger charge is -2.16. The van der Waals surface area contributed by atoms with Gasteiger partial charge in [0, 0.05) is 6.04 Å². The highest BCUT2D eigenvalue weighted by Gasteiger charge is 2.17. The predicted molar refractivity (Wildman–Crippen MR) is 99.2 cm³/mol. The first-order valence-corrected chi connectivity index (χ1v) is 8.35. The molecule has 2 rings (SSSR count). The van der Waals surface area contributed by atoms with E-state index in [-0.39, 0.29) is 24.0 Å². The van der Waals surface area contributed by atoms with Crippen LogP contribution in [0.5, 0.6) is 5.75 Å². The number of amides is 2. The Hall–Kier alpha value is -2.82. The molecule has 0 spiro atoms. The maximum Gasteiger partial charge on any atom is 0.259 e. The van der Waals surface area contributed by atoms with Crippen LogP contribution in [0.3, 0.4) is 0 Å². The molecule has 0 unspecified atom stereocenters. The Morgan fingerprint density at radius 1 is 0.840 bits per heavy atom. The van der Waals surface area contributed by atoms with Gasteiger partial charge in [0.25, 0.3) is 11.8 Å². The van der Waals surface area contributed by atoms with Gasteiger partial charge in [-0.1, -0.05) is 24.3 Å². The molecule has 0 aromatic heterocycles. The fraction of sp³-hybridized carbons (Fsp3) is 0.300. The number of para-hydroxylation sites is 2. The summed E-state index contributed by atoms with van der Waals surface area (Å²) >= 11 is 0. The van der Waals surface area contributed by atoms with Gasteiger partial charge in [-0.25, -0.2) is 0 Å². The predicted octanol–water partition coefficient (Wildman–Crippen LogP) is 3.86. The van der Waals surface area contributed by atoms with Gasteiger partial charge in [-0.3, -0.25) is 9.59 Å². The van der Waals surface area contributed by atoms with Crippen molar-refractivity contribution in [1.82, 2.24) is 5.32 Å². The summed E-state index contributed by atoms with van der Waals surface area (Å²) in [6.45, 7) is 7.58. The maximum atomic E-state index is 12.7. The standard InChI is InChI=1S/C20H24N2O3/c1-13(2)21-19(23)15-9-5-7-11-17(15)22-20(24)16-10-6-8-12-18(16)25-14(3)4/h5-14H,1-4H3,(H,21,23)(H,22,24). The number of ether oxygens (including phenoxy) is 1. The molecule has 2 aromatic carbocycles. The summed E-state index contributed by atoms with van der Waals surface area (Å²) in [5.74, 6) is -0.0298. The van der Waals surface area contributed by atoms with Gasteiger partial charge in [0.05, 0.1) is 22.9 Å². The third kappa shape index (κ3) is 5.08. The molecule has 132 valence electrons. The zero-order valence-electron chi connectivity index (χ0n) is 15.0. The van der Waals surface area contributed by atoms with Crippen molar-refractivity contribution in [2.24, 2.45) is 0 Å². The van der Waals surface area contributed by atoms with Crippen LogP contribution < -0.4 is 15.4 Å². The average molecular weight is 340 g/mol. The van der Waals surface area contributed by atoms with Gasteiger partial charge in [-0.15, -0.1) is 0 Å². The monoisotopic (exact) mass is 340 g/mol. The number of hydrogen-bond acceptors (Lipinski definition) is 3. The molecule has 2 N–H and O–H groups in total. The van der Waals surface area contributed by atoms with E-state index >= 15 is 0 Å². The molecular weight excluding hydrogens is 316 g/mol. The van der Waals surface area contributed by atoms with E-state index in [0.29, 0.717) is 22.6 Å². The Balaban J connectivity index is 2.26. The summed E-state index contributed by atoms with van der Waals surface area (Å²) in [4.78, 5) is 25.0. The smallest absolute Gasteiger partial charge is 0.259 e. The minimum absolute atomic E-state index is 0.0106. The van der Waals surface area contributed by atoms with Crippen molar-refractivity contribution in [1.29, 1.82) is 0 Å². The van der Waals surface area contributed by atoms with E-state index in [1.165, 1.54) is 0 Å². The highest BCUT2D eigenvalue weighted by Crippen LogP contribution is 2.22. The molecule has 0 aliphatic carbocycles. The zero-order valence-corrected chi connectivity index (χ0v) is 15.0. The summed E-state index contributed by atoms with van der Waals surface area (Å²) in [5.41, 5.74) is 1.31. The highest BCUT2D eigenvalue weighted by molar-refractivity contribution is 6.10. The number of anilines is 1. The molecule has 0 aliphatic heterocycles. The summed E-state index contributed by atoms with van der Waals surface area (Å²) in [6, 6.07) is 14.0. The van der Waals surface area contributed by atoms with Gasteiger partial charge in [0.2, 0.25) is 0 Å². The number of nitrogens with one attached hydrogen (secondary N) is 2. The van der Waals surface area contributed by atoms with Crippen molar-refractivity contribution < 1.29 is 14.3 Å². The summed E-state index contributed by atoms with van der Waals surface area (Å²) in [7, 11) is 0. The van der Waals surface area contributed by atoms with Crippen LogP contribution in [0.25, 0.3) is 0 Å². The van der Waals surface area contributed by atoms with Crippen LogP contribution in [-0.4, -0.2) is 24.0 Å². The quantitative estimate of drug-likeness (QED) is 0.839. The SMILES string of the molecule is CC(C)NC(=O)c1ccccc1NC(=O)c1ccccc1OC(C)C. The fourth-order valence-electron chi connectivity index (χ4n) is 2.33. The second-order valence-electron chi connectivity index (χ2n) is 6.29.